The molecule has 0 radical (unpaired) electrons. The van der Waals surface area contributed by atoms with E-state index in [0.717, 1.165) is 51.3 Å². The van der Waals surface area contributed by atoms with Crippen molar-refractivity contribution in [3.05, 3.63) is 24.0 Å². The van der Waals surface area contributed by atoms with E-state index >= 15 is 0 Å². The third kappa shape index (κ3) is 3.94. The standard InChI is InChI=1S/C23H27F3N6O2/c1-33-3-2-31-10-15-16(11-31)20(15)18-7-17(29-22(30-18)32-9-12-4-14(32)5-12)13-6-19(21(27)28-8-13)34-23(24,25)26/h6-8,12,14-16,20H,2-5,9-11H2,1H3,(H2,27,28)/t12?,14?,15-,16+,20?. The molecule has 2 bridgehead atoms. The van der Waals surface area contributed by atoms with Gasteiger partial charge in [0.15, 0.2) is 11.6 Å². The Hall–Kier alpha value is -2.66. The first-order valence-corrected chi connectivity index (χ1v) is 11.7. The molecule has 5 heterocycles. The van der Waals surface area contributed by atoms with Crippen molar-refractivity contribution in [2.24, 2.45) is 17.8 Å². The minimum absolute atomic E-state index is 0.316. The SMILES string of the molecule is COCCN1C[C@@H]2C(c3cc(-c4cnc(N)c(OC(F)(F)F)c4)nc(N4CC5CC4C5)n3)[C@@H]2C1. The molecule has 182 valence electrons. The summed E-state index contributed by atoms with van der Waals surface area (Å²) in [6, 6.07) is 3.61. The lowest BCUT2D eigenvalue weighted by Crippen LogP contribution is -2.30. The molecule has 2 aliphatic carbocycles. The molecule has 2 N–H and O–H groups in total. The maximum Gasteiger partial charge on any atom is 0.573 e. The number of hydrogen-bond donors (Lipinski definition) is 1. The summed E-state index contributed by atoms with van der Waals surface area (Å²) in [5, 5.41) is 0. The molecule has 0 amide bonds. The fourth-order valence-corrected chi connectivity index (χ4v) is 5.93. The molecule has 2 saturated carbocycles. The number of fused-ring (bicyclic) bond motifs is 2. The summed E-state index contributed by atoms with van der Waals surface area (Å²) in [5.74, 6) is 1.91. The molecule has 3 aliphatic heterocycles. The summed E-state index contributed by atoms with van der Waals surface area (Å²) in [4.78, 5) is 18.3. The second-order valence-corrected chi connectivity index (χ2v) is 9.88. The first kappa shape index (κ1) is 21.8. The number of likely N-dealkylation sites (tertiary alicyclic amines) is 1. The Morgan fingerprint density at radius 2 is 1.88 bits per heavy atom. The van der Waals surface area contributed by atoms with Gasteiger partial charge in [-0.25, -0.2) is 15.0 Å². The van der Waals surface area contributed by atoms with Crippen LogP contribution in [0.3, 0.4) is 0 Å². The number of ether oxygens (including phenoxy) is 2. The number of methoxy groups -OCH3 is 1. The van der Waals surface area contributed by atoms with Crippen LogP contribution in [-0.2, 0) is 4.74 Å². The molecular weight excluding hydrogens is 449 g/mol. The van der Waals surface area contributed by atoms with Crippen LogP contribution in [0, 0.1) is 17.8 Å². The number of nitrogen functional groups attached to an aromatic ring is 1. The van der Waals surface area contributed by atoms with Gasteiger partial charge in [-0.3, -0.25) is 0 Å². The van der Waals surface area contributed by atoms with Gasteiger partial charge in [0.05, 0.1) is 18.0 Å². The minimum atomic E-state index is -4.85. The second kappa shape index (κ2) is 7.94. The van der Waals surface area contributed by atoms with Gasteiger partial charge in [0.1, 0.15) is 0 Å². The van der Waals surface area contributed by atoms with Crippen LogP contribution < -0.4 is 15.4 Å². The molecule has 0 spiro atoms. The summed E-state index contributed by atoms with van der Waals surface area (Å²) < 4.78 is 47.8. The predicted octanol–water partition coefficient (Wildman–Crippen LogP) is 2.91. The van der Waals surface area contributed by atoms with E-state index < -0.39 is 12.1 Å². The minimum Gasteiger partial charge on any atom is -0.402 e. The number of rotatable bonds is 7. The van der Waals surface area contributed by atoms with Gasteiger partial charge in [-0.05, 0) is 42.7 Å². The third-order valence-corrected chi connectivity index (χ3v) is 7.72. The van der Waals surface area contributed by atoms with Crippen LogP contribution in [0.1, 0.15) is 24.5 Å². The lowest BCUT2D eigenvalue weighted by atomic mass is 9.86. The maximum absolute atomic E-state index is 12.8. The Morgan fingerprint density at radius 1 is 1.12 bits per heavy atom. The lowest BCUT2D eigenvalue weighted by Gasteiger charge is -2.26. The van der Waals surface area contributed by atoms with Crippen LogP contribution in [0.2, 0.25) is 0 Å². The van der Waals surface area contributed by atoms with Crippen molar-refractivity contribution >= 4 is 11.8 Å². The molecular formula is C23H27F3N6O2. The molecule has 34 heavy (non-hydrogen) atoms. The second-order valence-electron chi connectivity index (χ2n) is 9.88. The zero-order chi connectivity index (χ0) is 23.6. The summed E-state index contributed by atoms with van der Waals surface area (Å²) in [6.45, 7) is 4.59. The molecule has 7 rings (SSSR count). The van der Waals surface area contributed by atoms with Gasteiger partial charge in [-0.2, -0.15) is 0 Å². The molecule has 3 saturated heterocycles. The van der Waals surface area contributed by atoms with Gasteiger partial charge in [0.2, 0.25) is 5.95 Å². The molecule has 11 heteroatoms. The van der Waals surface area contributed by atoms with E-state index in [1.807, 2.05) is 6.07 Å². The van der Waals surface area contributed by atoms with Gasteiger partial charge < -0.3 is 25.0 Å². The molecule has 3 atom stereocenters. The largest absolute Gasteiger partial charge is 0.573 e. The Balaban J connectivity index is 1.31. The predicted molar refractivity (Wildman–Crippen MR) is 118 cm³/mol. The Labute approximate surface area is 195 Å². The molecule has 2 aromatic rings. The third-order valence-electron chi connectivity index (χ3n) is 7.72. The van der Waals surface area contributed by atoms with E-state index in [0.29, 0.717) is 46.9 Å². The number of anilines is 2. The van der Waals surface area contributed by atoms with Gasteiger partial charge in [0, 0.05) is 57.0 Å². The zero-order valence-electron chi connectivity index (χ0n) is 18.8. The number of piperidine rings is 1. The Morgan fingerprint density at radius 3 is 2.53 bits per heavy atom. The van der Waals surface area contributed by atoms with Gasteiger partial charge in [-0.15, -0.1) is 13.2 Å². The van der Waals surface area contributed by atoms with Crippen molar-refractivity contribution in [1.29, 1.82) is 0 Å². The molecule has 5 fully saturated rings. The van der Waals surface area contributed by atoms with E-state index in [-0.39, 0.29) is 5.82 Å². The van der Waals surface area contributed by atoms with Crippen molar-refractivity contribution in [2.75, 3.05) is 50.5 Å². The van der Waals surface area contributed by atoms with Crippen LogP contribution in [0.4, 0.5) is 24.9 Å². The zero-order valence-corrected chi connectivity index (χ0v) is 18.8. The molecule has 5 aliphatic rings. The highest BCUT2D eigenvalue weighted by atomic mass is 19.4. The Bertz CT molecular complexity index is 1080. The van der Waals surface area contributed by atoms with Crippen LogP contribution in [0.15, 0.2) is 18.3 Å². The smallest absolute Gasteiger partial charge is 0.402 e. The van der Waals surface area contributed by atoms with E-state index in [9.17, 15) is 13.2 Å². The molecule has 1 unspecified atom stereocenters. The average Bonchev–Trinajstić information content (AvgIpc) is 3.16. The number of hydrogen-bond acceptors (Lipinski definition) is 8. The van der Waals surface area contributed by atoms with E-state index in [1.165, 1.54) is 12.3 Å². The topological polar surface area (TPSA) is 89.6 Å². The van der Waals surface area contributed by atoms with Crippen LogP contribution in [0.25, 0.3) is 11.3 Å². The number of pyridine rings is 1. The van der Waals surface area contributed by atoms with Gasteiger partial charge in [-0.1, -0.05) is 0 Å². The molecule has 8 nitrogen and oxygen atoms in total. The number of alkyl halides is 3. The number of nitrogens with two attached hydrogens (primary N) is 1. The van der Waals surface area contributed by atoms with Gasteiger partial charge in [0.25, 0.3) is 0 Å². The Kier molecular flexibility index (Phi) is 5.10. The van der Waals surface area contributed by atoms with Crippen molar-refractivity contribution in [1.82, 2.24) is 19.9 Å². The van der Waals surface area contributed by atoms with Crippen LogP contribution >= 0.6 is 0 Å². The highest BCUT2D eigenvalue weighted by Gasteiger charge is 2.57. The fraction of sp³-hybridized carbons (Fsp3) is 0.609. The van der Waals surface area contributed by atoms with Crippen molar-refractivity contribution < 1.29 is 22.6 Å². The van der Waals surface area contributed by atoms with Crippen molar-refractivity contribution in [3.63, 3.8) is 0 Å². The first-order valence-electron chi connectivity index (χ1n) is 11.7. The summed E-state index contributed by atoms with van der Waals surface area (Å²) in [7, 11) is 1.71. The average molecular weight is 477 g/mol. The summed E-state index contributed by atoms with van der Waals surface area (Å²) in [6.07, 6.45) is -1.11. The maximum atomic E-state index is 12.8. The highest BCUT2D eigenvalue weighted by molar-refractivity contribution is 5.66. The number of aromatic nitrogens is 3. The lowest BCUT2D eigenvalue weighted by molar-refractivity contribution is -0.274. The summed E-state index contributed by atoms with van der Waals surface area (Å²) in [5.41, 5.74) is 7.57. The van der Waals surface area contributed by atoms with Gasteiger partial charge >= 0.3 is 6.36 Å². The number of nitrogens with zero attached hydrogens (tertiary/aromatic N) is 5. The fourth-order valence-electron chi connectivity index (χ4n) is 5.93. The normalized spacial score (nSPS) is 29.8. The molecule has 2 aromatic heterocycles. The van der Waals surface area contributed by atoms with E-state index in [2.05, 4.69) is 19.5 Å². The van der Waals surface area contributed by atoms with E-state index in [1.54, 1.807) is 7.11 Å². The monoisotopic (exact) mass is 476 g/mol. The van der Waals surface area contributed by atoms with E-state index in [4.69, 9.17) is 20.4 Å². The van der Waals surface area contributed by atoms with Crippen LogP contribution in [0.5, 0.6) is 5.75 Å². The highest BCUT2D eigenvalue weighted by Crippen LogP contribution is 2.58. The van der Waals surface area contributed by atoms with Crippen molar-refractivity contribution in [2.45, 2.75) is 31.2 Å². The molecule has 0 aromatic carbocycles. The number of halogens is 3. The summed E-state index contributed by atoms with van der Waals surface area (Å²) >= 11 is 0. The van der Waals surface area contributed by atoms with Crippen LogP contribution in [-0.4, -0.2) is 72.2 Å². The first-order chi connectivity index (χ1) is 16.3. The van der Waals surface area contributed by atoms with Crippen molar-refractivity contribution in [3.8, 4) is 17.0 Å². The quantitative estimate of drug-likeness (QED) is 0.653.